The molecule has 2 heteroatoms. The Morgan fingerprint density at radius 2 is 1.72 bits per heavy atom. The number of aliphatic hydroxyl groups excluding tert-OH is 1. The van der Waals surface area contributed by atoms with E-state index in [2.05, 4.69) is 20.8 Å². The Labute approximate surface area is 109 Å². The topological polar surface area (TPSA) is 40.5 Å². The molecular formula is C16H22O2. The van der Waals surface area contributed by atoms with Gasteiger partial charge in [0.05, 0.1) is 6.10 Å². The van der Waals surface area contributed by atoms with Crippen molar-refractivity contribution in [2.75, 3.05) is 0 Å². The van der Waals surface area contributed by atoms with Crippen molar-refractivity contribution in [3.8, 4) is 0 Å². The van der Waals surface area contributed by atoms with Crippen molar-refractivity contribution in [3.63, 3.8) is 0 Å². The lowest BCUT2D eigenvalue weighted by molar-refractivity contribution is -0.132. The fourth-order valence-electron chi connectivity index (χ4n) is 4.52. The van der Waals surface area contributed by atoms with Crippen LogP contribution in [0.15, 0.2) is 30.3 Å². The first-order chi connectivity index (χ1) is 8.35. The zero-order valence-corrected chi connectivity index (χ0v) is 11.4. The van der Waals surface area contributed by atoms with Gasteiger partial charge in [0.1, 0.15) is 5.60 Å². The molecule has 0 amide bonds. The first-order valence-corrected chi connectivity index (χ1v) is 6.81. The average molecular weight is 246 g/mol. The summed E-state index contributed by atoms with van der Waals surface area (Å²) in [5, 5.41) is 21.9. The van der Waals surface area contributed by atoms with E-state index >= 15 is 0 Å². The van der Waals surface area contributed by atoms with Crippen LogP contribution in [0.1, 0.15) is 39.2 Å². The van der Waals surface area contributed by atoms with Crippen molar-refractivity contribution < 1.29 is 10.2 Å². The van der Waals surface area contributed by atoms with Crippen LogP contribution in [0.4, 0.5) is 0 Å². The van der Waals surface area contributed by atoms with Crippen molar-refractivity contribution in [1.29, 1.82) is 0 Å². The summed E-state index contributed by atoms with van der Waals surface area (Å²) in [5.41, 5.74) is -0.448. The Morgan fingerprint density at radius 1 is 1.11 bits per heavy atom. The number of aliphatic hydroxyl groups is 2. The second-order valence-corrected chi connectivity index (χ2v) is 6.82. The fourth-order valence-corrected chi connectivity index (χ4v) is 4.52. The molecular weight excluding hydrogens is 224 g/mol. The molecule has 4 atom stereocenters. The zero-order valence-electron chi connectivity index (χ0n) is 11.4. The van der Waals surface area contributed by atoms with Crippen molar-refractivity contribution >= 4 is 0 Å². The lowest BCUT2D eigenvalue weighted by atomic mass is 9.70. The lowest BCUT2D eigenvalue weighted by Crippen LogP contribution is -2.47. The van der Waals surface area contributed by atoms with Gasteiger partial charge in [-0.1, -0.05) is 51.1 Å². The first-order valence-electron chi connectivity index (χ1n) is 6.81. The molecule has 1 aromatic rings. The molecule has 2 N–H and O–H groups in total. The van der Waals surface area contributed by atoms with E-state index in [1.54, 1.807) is 0 Å². The van der Waals surface area contributed by atoms with Crippen LogP contribution in [0, 0.1) is 16.7 Å². The number of rotatable bonds is 1. The Hall–Kier alpha value is -0.860. The van der Waals surface area contributed by atoms with Crippen LogP contribution in [-0.2, 0) is 5.60 Å². The minimum absolute atomic E-state index is 0.0307. The van der Waals surface area contributed by atoms with Crippen LogP contribution in [0.25, 0.3) is 0 Å². The normalized spacial score (nSPS) is 45.4. The van der Waals surface area contributed by atoms with Crippen LogP contribution >= 0.6 is 0 Å². The SMILES string of the molecule is CC1(C)C2CCC1(C)C(O)[C@]2(O)c1ccccc1. The Bertz CT molecular complexity index is 467. The van der Waals surface area contributed by atoms with E-state index in [1.165, 1.54) is 0 Å². The Balaban J connectivity index is 2.16. The molecule has 2 fully saturated rings. The van der Waals surface area contributed by atoms with Gasteiger partial charge in [0.25, 0.3) is 0 Å². The lowest BCUT2D eigenvalue weighted by Gasteiger charge is -2.40. The second-order valence-electron chi connectivity index (χ2n) is 6.82. The van der Waals surface area contributed by atoms with Gasteiger partial charge in [0.2, 0.25) is 0 Å². The molecule has 2 aliphatic rings. The van der Waals surface area contributed by atoms with E-state index in [9.17, 15) is 10.2 Å². The van der Waals surface area contributed by atoms with E-state index in [0.717, 1.165) is 18.4 Å². The van der Waals surface area contributed by atoms with Gasteiger partial charge in [-0.15, -0.1) is 0 Å². The number of fused-ring (bicyclic) bond motifs is 2. The summed E-state index contributed by atoms with van der Waals surface area (Å²) in [6, 6.07) is 9.68. The summed E-state index contributed by atoms with van der Waals surface area (Å²) < 4.78 is 0. The third-order valence-electron chi connectivity index (χ3n) is 6.08. The minimum Gasteiger partial charge on any atom is -0.389 e. The molecule has 2 bridgehead atoms. The molecule has 0 saturated heterocycles. The predicted octanol–water partition coefficient (Wildman–Crippen LogP) is 2.69. The highest BCUT2D eigenvalue weighted by atomic mass is 16.3. The van der Waals surface area contributed by atoms with Crippen LogP contribution in [0.5, 0.6) is 0 Å². The first kappa shape index (κ1) is 12.2. The Kier molecular flexibility index (Phi) is 2.28. The highest BCUT2D eigenvalue weighted by Crippen LogP contribution is 2.71. The minimum atomic E-state index is -1.09. The summed E-state index contributed by atoms with van der Waals surface area (Å²) in [4.78, 5) is 0. The molecule has 2 nitrogen and oxygen atoms in total. The largest absolute Gasteiger partial charge is 0.389 e. The summed E-state index contributed by atoms with van der Waals surface area (Å²) in [6.07, 6.45) is 1.31. The molecule has 0 radical (unpaired) electrons. The molecule has 0 spiro atoms. The zero-order chi connectivity index (χ0) is 13.2. The molecule has 2 saturated carbocycles. The standard InChI is InChI=1S/C16H22O2/c1-14(2)12-9-10-15(14,3)13(17)16(12,18)11-7-5-4-6-8-11/h4-8,12-13,17-18H,9-10H2,1-3H3/t12?,13?,15?,16-/m0/s1. The maximum atomic E-state index is 11.2. The van der Waals surface area contributed by atoms with E-state index < -0.39 is 11.7 Å². The van der Waals surface area contributed by atoms with Crippen molar-refractivity contribution in [1.82, 2.24) is 0 Å². The summed E-state index contributed by atoms with van der Waals surface area (Å²) in [6.45, 7) is 6.50. The van der Waals surface area contributed by atoms with Gasteiger partial charge < -0.3 is 10.2 Å². The van der Waals surface area contributed by atoms with Gasteiger partial charge >= 0.3 is 0 Å². The molecule has 3 rings (SSSR count). The van der Waals surface area contributed by atoms with Crippen LogP contribution in [-0.4, -0.2) is 16.3 Å². The van der Waals surface area contributed by atoms with Crippen molar-refractivity contribution in [2.24, 2.45) is 16.7 Å². The highest BCUT2D eigenvalue weighted by molar-refractivity contribution is 5.33. The third kappa shape index (κ3) is 1.11. The molecule has 0 aliphatic heterocycles. The molecule has 0 heterocycles. The third-order valence-corrected chi connectivity index (χ3v) is 6.08. The van der Waals surface area contributed by atoms with Gasteiger partial charge in [0.15, 0.2) is 0 Å². The molecule has 98 valence electrons. The summed E-state index contributed by atoms with van der Waals surface area (Å²) in [5.74, 6) is 0.132. The van der Waals surface area contributed by atoms with Crippen LogP contribution in [0.2, 0.25) is 0 Å². The molecule has 0 aromatic heterocycles. The van der Waals surface area contributed by atoms with Crippen molar-refractivity contribution in [2.45, 2.75) is 45.3 Å². The van der Waals surface area contributed by atoms with Gasteiger partial charge in [0, 0.05) is 11.3 Å². The monoisotopic (exact) mass is 246 g/mol. The van der Waals surface area contributed by atoms with Gasteiger partial charge in [-0.3, -0.25) is 0 Å². The molecule has 18 heavy (non-hydrogen) atoms. The number of hydrogen-bond donors (Lipinski definition) is 2. The fraction of sp³-hybridized carbons (Fsp3) is 0.625. The van der Waals surface area contributed by atoms with Crippen LogP contribution in [0.3, 0.4) is 0 Å². The molecule has 2 aliphatic carbocycles. The number of hydrogen-bond acceptors (Lipinski definition) is 2. The smallest absolute Gasteiger partial charge is 0.119 e. The molecule has 1 aromatic carbocycles. The van der Waals surface area contributed by atoms with Crippen LogP contribution < -0.4 is 0 Å². The maximum Gasteiger partial charge on any atom is 0.119 e. The van der Waals surface area contributed by atoms with E-state index in [1.807, 2.05) is 30.3 Å². The quantitative estimate of drug-likeness (QED) is 0.800. The van der Waals surface area contributed by atoms with Gasteiger partial charge in [-0.05, 0) is 23.8 Å². The van der Waals surface area contributed by atoms with E-state index in [4.69, 9.17) is 0 Å². The predicted molar refractivity (Wildman–Crippen MR) is 71.0 cm³/mol. The van der Waals surface area contributed by atoms with Crippen molar-refractivity contribution in [3.05, 3.63) is 35.9 Å². The van der Waals surface area contributed by atoms with Gasteiger partial charge in [-0.2, -0.15) is 0 Å². The van der Waals surface area contributed by atoms with Gasteiger partial charge in [-0.25, -0.2) is 0 Å². The summed E-state index contributed by atoms with van der Waals surface area (Å²) in [7, 11) is 0. The molecule has 3 unspecified atom stereocenters. The highest BCUT2D eigenvalue weighted by Gasteiger charge is 2.72. The second kappa shape index (κ2) is 3.37. The maximum absolute atomic E-state index is 11.2. The van der Waals surface area contributed by atoms with E-state index in [-0.39, 0.29) is 16.7 Å². The number of benzene rings is 1. The summed E-state index contributed by atoms with van der Waals surface area (Å²) >= 11 is 0. The van der Waals surface area contributed by atoms with E-state index in [0.29, 0.717) is 0 Å². The average Bonchev–Trinajstić information content (AvgIpc) is 2.65. The Morgan fingerprint density at radius 3 is 2.22 bits per heavy atom.